The molecule has 168 valence electrons. The van der Waals surface area contributed by atoms with Gasteiger partial charge in [0.1, 0.15) is 6.54 Å². The molecule has 0 unspecified atom stereocenters. The highest BCUT2D eigenvalue weighted by Crippen LogP contribution is 2.28. The number of nitrogens with one attached hydrogen (secondary N) is 1. The number of aryl methyl sites for hydroxylation is 1. The molecule has 0 aliphatic carbocycles. The predicted octanol–water partition coefficient (Wildman–Crippen LogP) is 5.67. The van der Waals surface area contributed by atoms with Crippen LogP contribution in [0.4, 0.5) is 11.4 Å². The van der Waals surface area contributed by atoms with Crippen LogP contribution >= 0.6 is 11.8 Å². The number of amides is 1. The molecule has 0 saturated carbocycles. The predicted molar refractivity (Wildman–Crippen MR) is 133 cm³/mol. The molecule has 1 amide bonds. The minimum Gasteiger partial charge on any atom is -0.323 e. The normalized spacial score (nSPS) is 11.4. The average Bonchev–Trinajstić information content (AvgIpc) is 2.78. The van der Waals surface area contributed by atoms with Gasteiger partial charge in [-0.25, -0.2) is 8.42 Å². The number of nitrogens with zero attached hydrogens (tertiary/aromatic N) is 1. The fourth-order valence-corrected chi connectivity index (χ4v) is 5.22. The van der Waals surface area contributed by atoms with Gasteiger partial charge in [-0.05, 0) is 61.1 Å². The number of rotatable bonds is 8. The Kier molecular flexibility index (Phi) is 7.64. The topological polar surface area (TPSA) is 66.5 Å². The van der Waals surface area contributed by atoms with Gasteiger partial charge in [-0.3, -0.25) is 9.10 Å². The van der Waals surface area contributed by atoms with Crippen molar-refractivity contribution in [1.29, 1.82) is 0 Å². The van der Waals surface area contributed by atoms with Crippen molar-refractivity contribution in [3.8, 4) is 0 Å². The minimum atomic E-state index is -3.94. The van der Waals surface area contributed by atoms with E-state index in [4.69, 9.17) is 0 Å². The van der Waals surface area contributed by atoms with Gasteiger partial charge in [0.15, 0.2) is 0 Å². The second-order valence-electron chi connectivity index (χ2n) is 7.82. The van der Waals surface area contributed by atoms with Crippen LogP contribution in [0, 0.1) is 6.92 Å². The lowest BCUT2D eigenvalue weighted by atomic mass is 10.0. The summed E-state index contributed by atoms with van der Waals surface area (Å²) in [6, 6.07) is 21.4. The molecule has 0 aliphatic heterocycles. The van der Waals surface area contributed by atoms with E-state index in [9.17, 15) is 13.2 Å². The van der Waals surface area contributed by atoms with E-state index >= 15 is 0 Å². The first-order valence-corrected chi connectivity index (χ1v) is 13.0. The largest absolute Gasteiger partial charge is 0.323 e. The second kappa shape index (κ2) is 10.2. The summed E-state index contributed by atoms with van der Waals surface area (Å²) < 4.78 is 28.2. The van der Waals surface area contributed by atoms with Crippen LogP contribution in [0.3, 0.4) is 0 Å². The maximum atomic E-state index is 13.5. The van der Waals surface area contributed by atoms with Crippen LogP contribution in [0.15, 0.2) is 82.6 Å². The Morgan fingerprint density at radius 1 is 0.969 bits per heavy atom. The van der Waals surface area contributed by atoms with Crippen molar-refractivity contribution >= 4 is 39.1 Å². The molecule has 1 N–H and O–H groups in total. The fourth-order valence-electron chi connectivity index (χ4n) is 3.25. The van der Waals surface area contributed by atoms with Gasteiger partial charge in [-0.2, -0.15) is 0 Å². The number of benzene rings is 3. The number of anilines is 2. The SMILES string of the molecule is CSc1ccccc1NC(=O)CN(c1ccc(C(C)C)cc1)S(=O)(=O)c1ccc(C)cc1. The van der Waals surface area contributed by atoms with E-state index in [2.05, 4.69) is 19.2 Å². The quantitative estimate of drug-likeness (QED) is 0.432. The van der Waals surface area contributed by atoms with Crippen LogP contribution in [0.2, 0.25) is 0 Å². The number of carbonyl (C=O) groups is 1. The Balaban J connectivity index is 1.96. The first kappa shape index (κ1) is 23.9. The highest BCUT2D eigenvalue weighted by Gasteiger charge is 2.27. The highest BCUT2D eigenvalue weighted by molar-refractivity contribution is 7.98. The van der Waals surface area contributed by atoms with Crippen molar-refractivity contribution in [1.82, 2.24) is 0 Å². The van der Waals surface area contributed by atoms with Crippen molar-refractivity contribution in [2.75, 3.05) is 22.4 Å². The molecule has 0 radical (unpaired) electrons. The van der Waals surface area contributed by atoms with Crippen molar-refractivity contribution in [2.45, 2.75) is 36.5 Å². The van der Waals surface area contributed by atoms with Gasteiger partial charge >= 0.3 is 0 Å². The average molecular weight is 469 g/mol. The summed E-state index contributed by atoms with van der Waals surface area (Å²) >= 11 is 1.51. The van der Waals surface area contributed by atoms with E-state index in [-0.39, 0.29) is 11.4 Å². The fraction of sp³-hybridized carbons (Fsp3) is 0.240. The maximum Gasteiger partial charge on any atom is 0.264 e. The van der Waals surface area contributed by atoms with Crippen LogP contribution in [-0.2, 0) is 14.8 Å². The van der Waals surface area contributed by atoms with Gasteiger partial charge in [0.25, 0.3) is 10.0 Å². The number of thioether (sulfide) groups is 1. The van der Waals surface area contributed by atoms with Gasteiger partial charge in [-0.15, -0.1) is 11.8 Å². The third-order valence-corrected chi connectivity index (χ3v) is 7.71. The molecule has 5 nitrogen and oxygen atoms in total. The summed E-state index contributed by atoms with van der Waals surface area (Å²) in [6.07, 6.45) is 1.93. The molecule has 3 rings (SSSR count). The van der Waals surface area contributed by atoms with Crippen LogP contribution in [0.1, 0.15) is 30.9 Å². The molecule has 3 aromatic rings. The second-order valence-corrected chi connectivity index (χ2v) is 10.5. The lowest BCUT2D eigenvalue weighted by Crippen LogP contribution is -2.38. The van der Waals surface area contributed by atoms with E-state index in [0.29, 0.717) is 17.3 Å². The highest BCUT2D eigenvalue weighted by atomic mass is 32.2. The Morgan fingerprint density at radius 3 is 2.19 bits per heavy atom. The molecule has 0 bridgehead atoms. The molecular formula is C25H28N2O3S2. The van der Waals surface area contributed by atoms with E-state index in [1.54, 1.807) is 42.5 Å². The standard InChI is InChI=1S/C25H28N2O3S2/c1-18(2)20-11-13-21(14-12-20)27(32(29,30)22-15-9-19(3)10-16-22)17-25(28)26-23-7-5-6-8-24(23)31-4/h5-16,18H,17H2,1-4H3,(H,26,28). The van der Waals surface area contributed by atoms with E-state index < -0.39 is 15.9 Å². The van der Waals surface area contributed by atoms with Gasteiger partial charge in [0.2, 0.25) is 5.91 Å². The Hall–Kier alpha value is -2.77. The van der Waals surface area contributed by atoms with Crippen molar-refractivity contribution in [3.63, 3.8) is 0 Å². The summed E-state index contributed by atoms with van der Waals surface area (Å²) in [5.41, 5.74) is 3.17. The van der Waals surface area contributed by atoms with E-state index in [1.807, 2.05) is 43.5 Å². The summed E-state index contributed by atoms with van der Waals surface area (Å²) in [6.45, 7) is 5.72. The molecule has 3 aromatic carbocycles. The molecule has 0 saturated heterocycles. The molecule has 32 heavy (non-hydrogen) atoms. The van der Waals surface area contributed by atoms with Gasteiger partial charge < -0.3 is 5.32 Å². The molecule has 0 atom stereocenters. The molecule has 7 heteroatoms. The van der Waals surface area contributed by atoms with Crippen molar-refractivity contribution < 1.29 is 13.2 Å². The first-order valence-electron chi connectivity index (χ1n) is 10.3. The van der Waals surface area contributed by atoms with Crippen molar-refractivity contribution in [2.24, 2.45) is 0 Å². The third-order valence-electron chi connectivity index (χ3n) is 5.12. The van der Waals surface area contributed by atoms with Crippen LogP contribution in [0.5, 0.6) is 0 Å². The maximum absolute atomic E-state index is 13.5. The lowest BCUT2D eigenvalue weighted by molar-refractivity contribution is -0.114. The summed E-state index contributed by atoms with van der Waals surface area (Å²) in [5.74, 6) is -0.0901. The molecule has 0 spiro atoms. The Labute approximate surface area is 194 Å². The number of carbonyl (C=O) groups excluding carboxylic acids is 1. The Bertz CT molecular complexity index is 1170. The first-order chi connectivity index (χ1) is 15.2. The van der Waals surface area contributed by atoms with E-state index in [0.717, 1.165) is 16.0 Å². The minimum absolute atomic E-state index is 0.147. The number of hydrogen-bond donors (Lipinski definition) is 1. The van der Waals surface area contributed by atoms with Crippen LogP contribution in [-0.4, -0.2) is 27.1 Å². The van der Waals surface area contributed by atoms with Gasteiger partial charge in [0, 0.05) is 4.90 Å². The Morgan fingerprint density at radius 2 is 1.59 bits per heavy atom. The molecular weight excluding hydrogens is 440 g/mol. The summed E-state index contributed by atoms with van der Waals surface area (Å²) in [5, 5.41) is 2.86. The van der Waals surface area contributed by atoms with Gasteiger partial charge in [-0.1, -0.05) is 55.8 Å². The number of sulfonamides is 1. The lowest BCUT2D eigenvalue weighted by Gasteiger charge is -2.25. The third kappa shape index (κ3) is 5.53. The zero-order chi connectivity index (χ0) is 23.3. The monoisotopic (exact) mass is 468 g/mol. The van der Waals surface area contributed by atoms with Crippen molar-refractivity contribution in [3.05, 3.63) is 83.9 Å². The number of para-hydroxylation sites is 1. The molecule has 0 aromatic heterocycles. The molecule has 0 heterocycles. The smallest absolute Gasteiger partial charge is 0.264 e. The van der Waals surface area contributed by atoms with Crippen LogP contribution in [0.25, 0.3) is 0 Å². The van der Waals surface area contributed by atoms with Gasteiger partial charge in [0.05, 0.1) is 16.3 Å². The summed E-state index contributed by atoms with van der Waals surface area (Å²) in [7, 11) is -3.94. The zero-order valence-electron chi connectivity index (χ0n) is 18.7. The summed E-state index contributed by atoms with van der Waals surface area (Å²) in [4.78, 5) is 14.0. The molecule has 0 fully saturated rings. The van der Waals surface area contributed by atoms with Crippen LogP contribution < -0.4 is 9.62 Å². The molecule has 0 aliphatic rings. The number of hydrogen-bond acceptors (Lipinski definition) is 4. The van der Waals surface area contributed by atoms with E-state index in [1.165, 1.54) is 16.1 Å². The zero-order valence-corrected chi connectivity index (χ0v) is 20.3.